The summed E-state index contributed by atoms with van der Waals surface area (Å²) in [5.74, 6) is -0.649. The number of H-pyrrole nitrogens is 1. The third kappa shape index (κ3) is 2.25. The molecule has 0 saturated carbocycles. The van der Waals surface area contributed by atoms with Crippen LogP contribution in [0.4, 0.5) is 0 Å². The molecule has 6 heteroatoms. The number of aromatic hydroxyl groups is 1. The molecule has 1 aromatic heterocycles. The van der Waals surface area contributed by atoms with Gasteiger partial charge in [0.15, 0.2) is 5.75 Å². The van der Waals surface area contributed by atoms with Gasteiger partial charge in [0.1, 0.15) is 6.10 Å². The quantitative estimate of drug-likeness (QED) is 0.526. The van der Waals surface area contributed by atoms with Crippen molar-refractivity contribution < 1.29 is 15.3 Å². The fraction of sp³-hybridized carbons (Fsp3) is 0.375. The third-order valence-electron chi connectivity index (χ3n) is 1.77. The number of pyridine rings is 1. The van der Waals surface area contributed by atoms with Crippen LogP contribution in [0.1, 0.15) is 11.7 Å². The van der Waals surface area contributed by atoms with E-state index >= 15 is 0 Å². The lowest BCUT2D eigenvalue weighted by Crippen LogP contribution is -2.20. The van der Waals surface area contributed by atoms with Crippen molar-refractivity contribution in [2.45, 2.75) is 12.2 Å². The van der Waals surface area contributed by atoms with E-state index in [1.807, 2.05) is 0 Å². The number of alkyl halides is 1. The highest BCUT2D eigenvalue weighted by Crippen LogP contribution is 2.18. The highest BCUT2D eigenvalue weighted by molar-refractivity contribution is 6.18. The Morgan fingerprint density at radius 2 is 2.14 bits per heavy atom. The molecule has 5 nitrogen and oxygen atoms in total. The molecule has 1 heterocycles. The zero-order chi connectivity index (χ0) is 10.7. The maximum Gasteiger partial charge on any atom is 0.290 e. The molecule has 2 atom stereocenters. The predicted octanol–water partition coefficient (Wildman–Crippen LogP) is -0.286. The van der Waals surface area contributed by atoms with Gasteiger partial charge >= 0.3 is 0 Å². The summed E-state index contributed by atoms with van der Waals surface area (Å²) in [7, 11) is 0. The SMILES string of the molecule is O=c1[nH]cc(C(O)C(O)CCl)cc1O. The molecule has 0 spiro atoms. The lowest BCUT2D eigenvalue weighted by Gasteiger charge is -2.15. The van der Waals surface area contributed by atoms with E-state index in [1.165, 1.54) is 6.20 Å². The largest absolute Gasteiger partial charge is 0.503 e. The first-order chi connectivity index (χ1) is 6.56. The lowest BCUT2D eigenvalue weighted by atomic mass is 10.1. The fourth-order valence-electron chi connectivity index (χ4n) is 0.965. The minimum Gasteiger partial charge on any atom is -0.503 e. The summed E-state index contributed by atoms with van der Waals surface area (Å²) >= 11 is 5.32. The van der Waals surface area contributed by atoms with Gasteiger partial charge in [0.25, 0.3) is 5.56 Å². The second-order valence-corrected chi connectivity index (χ2v) is 3.12. The molecule has 1 rings (SSSR count). The van der Waals surface area contributed by atoms with E-state index in [0.717, 1.165) is 6.07 Å². The highest BCUT2D eigenvalue weighted by atomic mass is 35.5. The molecule has 1 aromatic rings. The van der Waals surface area contributed by atoms with Gasteiger partial charge in [-0.25, -0.2) is 0 Å². The average Bonchev–Trinajstić information content (AvgIpc) is 2.20. The maximum atomic E-state index is 10.8. The Balaban J connectivity index is 2.96. The first-order valence-electron chi connectivity index (χ1n) is 3.90. The van der Waals surface area contributed by atoms with E-state index in [1.54, 1.807) is 0 Å². The van der Waals surface area contributed by atoms with Crippen molar-refractivity contribution in [3.8, 4) is 5.75 Å². The number of hydrogen-bond donors (Lipinski definition) is 4. The maximum absolute atomic E-state index is 10.8. The van der Waals surface area contributed by atoms with Crippen molar-refractivity contribution >= 4 is 11.6 Å². The molecular formula is C8H10ClNO4. The van der Waals surface area contributed by atoms with E-state index < -0.39 is 23.5 Å². The molecule has 4 N–H and O–H groups in total. The van der Waals surface area contributed by atoms with Gasteiger partial charge in [0, 0.05) is 11.8 Å². The first kappa shape index (κ1) is 11.0. The molecule has 0 bridgehead atoms. The number of aromatic amines is 1. The number of rotatable bonds is 3. The minimum atomic E-state index is -1.23. The van der Waals surface area contributed by atoms with Crippen molar-refractivity contribution in [1.29, 1.82) is 0 Å². The Morgan fingerprint density at radius 3 is 2.64 bits per heavy atom. The number of aliphatic hydroxyl groups is 2. The number of nitrogens with one attached hydrogen (secondary N) is 1. The summed E-state index contributed by atoms with van der Waals surface area (Å²) in [5, 5.41) is 27.7. The van der Waals surface area contributed by atoms with Crippen molar-refractivity contribution in [1.82, 2.24) is 4.98 Å². The lowest BCUT2D eigenvalue weighted by molar-refractivity contribution is 0.0323. The Morgan fingerprint density at radius 1 is 1.50 bits per heavy atom. The van der Waals surface area contributed by atoms with Gasteiger partial charge in [-0.05, 0) is 6.07 Å². The predicted molar refractivity (Wildman–Crippen MR) is 50.4 cm³/mol. The molecule has 14 heavy (non-hydrogen) atoms. The van der Waals surface area contributed by atoms with Gasteiger partial charge in [-0.15, -0.1) is 11.6 Å². The Bertz CT molecular complexity index is 365. The van der Waals surface area contributed by atoms with Crippen molar-refractivity contribution in [2.24, 2.45) is 0 Å². The molecule has 0 amide bonds. The third-order valence-corrected chi connectivity index (χ3v) is 2.09. The van der Waals surface area contributed by atoms with Crippen LogP contribution in [0.25, 0.3) is 0 Å². The normalized spacial score (nSPS) is 15.1. The van der Waals surface area contributed by atoms with Crippen LogP contribution in [0.15, 0.2) is 17.1 Å². The molecule has 0 aromatic carbocycles. The van der Waals surface area contributed by atoms with Crippen LogP contribution in [0.5, 0.6) is 5.75 Å². The van der Waals surface area contributed by atoms with Gasteiger partial charge in [-0.1, -0.05) is 0 Å². The number of aliphatic hydroxyl groups excluding tert-OH is 2. The summed E-state index contributed by atoms with van der Waals surface area (Å²) in [6.45, 7) is 0. The monoisotopic (exact) mass is 219 g/mol. The van der Waals surface area contributed by atoms with E-state index in [0.29, 0.717) is 0 Å². The second kappa shape index (κ2) is 4.45. The van der Waals surface area contributed by atoms with E-state index in [2.05, 4.69) is 4.98 Å². The van der Waals surface area contributed by atoms with Crippen LogP contribution in [0.3, 0.4) is 0 Å². The number of hydrogen-bond acceptors (Lipinski definition) is 4. The molecular weight excluding hydrogens is 210 g/mol. The summed E-state index contributed by atoms with van der Waals surface area (Å²) in [6.07, 6.45) is -1.15. The molecule has 0 fully saturated rings. The Labute approximate surface area is 84.6 Å². The zero-order valence-corrected chi connectivity index (χ0v) is 7.90. The number of halogens is 1. The Hall–Kier alpha value is -1.04. The Kier molecular flexibility index (Phi) is 3.51. The fourth-order valence-corrected chi connectivity index (χ4v) is 1.13. The number of aromatic nitrogens is 1. The zero-order valence-electron chi connectivity index (χ0n) is 7.14. The van der Waals surface area contributed by atoms with Crippen molar-refractivity contribution in [3.05, 3.63) is 28.2 Å². The molecule has 0 saturated heterocycles. The highest BCUT2D eigenvalue weighted by Gasteiger charge is 2.18. The summed E-state index contributed by atoms with van der Waals surface area (Å²) < 4.78 is 0. The molecule has 78 valence electrons. The summed E-state index contributed by atoms with van der Waals surface area (Å²) in [6, 6.07) is 1.08. The van der Waals surface area contributed by atoms with E-state index in [4.69, 9.17) is 16.7 Å². The topological polar surface area (TPSA) is 93.6 Å². The standard InChI is InChI=1S/C8H10ClNO4/c9-2-6(12)7(13)4-1-5(11)8(14)10-3-4/h1,3,6-7,11-13H,2H2,(H,10,14). The van der Waals surface area contributed by atoms with Crippen LogP contribution in [-0.2, 0) is 0 Å². The average molecular weight is 220 g/mol. The molecule has 2 unspecified atom stereocenters. The first-order valence-corrected chi connectivity index (χ1v) is 4.43. The molecule has 0 radical (unpaired) electrons. The summed E-state index contributed by atoms with van der Waals surface area (Å²) in [5.41, 5.74) is -0.448. The van der Waals surface area contributed by atoms with Crippen LogP contribution >= 0.6 is 11.6 Å². The smallest absolute Gasteiger partial charge is 0.290 e. The molecule has 0 aliphatic carbocycles. The van der Waals surface area contributed by atoms with Gasteiger partial charge in [-0.2, -0.15) is 0 Å². The molecule has 0 aliphatic heterocycles. The van der Waals surface area contributed by atoms with E-state index in [9.17, 15) is 15.0 Å². The van der Waals surface area contributed by atoms with Gasteiger partial charge in [0.2, 0.25) is 0 Å². The summed E-state index contributed by atoms with van der Waals surface area (Å²) in [4.78, 5) is 13.0. The van der Waals surface area contributed by atoms with Gasteiger partial charge < -0.3 is 20.3 Å². The van der Waals surface area contributed by atoms with Gasteiger partial charge in [-0.3, -0.25) is 4.79 Å². The molecule has 0 aliphatic rings. The van der Waals surface area contributed by atoms with Crippen LogP contribution in [-0.4, -0.2) is 32.3 Å². The van der Waals surface area contributed by atoms with E-state index in [-0.39, 0.29) is 11.4 Å². The van der Waals surface area contributed by atoms with Gasteiger partial charge in [0.05, 0.1) is 12.0 Å². The second-order valence-electron chi connectivity index (χ2n) is 2.81. The van der Waals surface area contributed by atoms with Crippen LogP contribution in [0.2, 0.25) is 0 Å². The van der Waals surface area contributed by atoms with Crippen LogP contribution in [0, 0.1) is 0 Å². The van der Waals surface area contributed by atoms with Crippen molar-refractivity contribution in [3.63, 3.8) is 0 Å². The van der Waals surface area contributed by atoms with Crippen LogP contribution < -0.4 is 5.56 Å². The minimum absolute atomic E-state index is 0.138. The van der Waals surface area contributed by atoms with Crippen molar-refractivity contribution in [2.75, 3.05) is 5.88 Å².